The van der Waals surface area contributed by atoms with Crippen LogP contribution in [0.5, 0.6) is 0 Å². The molecule has 0 aliphatic carbocycles. The van der Waals surface area contributed by atoms with Crippen LogP contribution in [0, 0.1) is 0 Å². The molecule has 0 aromatic heterocycles. The van der Waals surface area contributed by atoms with Crippen molar-refractivity contribution in [1.29, 1.82) is 0 Å². The summed E-state index contributed by atoms with van der Waals surface area (Å²) in [7, 11) is 0. The summed E-state index contributed by atoms with van der Waals surface area (Å²) in [4.78, 5) is 28.7. The van der Waals surface area contributed by atoms with E-state index in [1.165, 1.54) is 0 Å². The highest BCUT2D eigenvalue weighted by Gasteiger charge is 2.22. The molecule has 6 nitrogen and oxygen atoms in total. The third-order valence-electron chi connectivity index (χ3n) is 5.11. The lowest BCUT2D eigenvalue weighted by Gasteiger charge is -2.28. The van der Waals surface area contributed by atoms with E-state index in [1.807, 2.05) is 30.3 Å². The van der Waals surface area contributed by atoms with Crippen LogP contribution in [0.25, 0.3) is 0 Å². The van der Waals surface area contributed by atoms with Crippen LogP contribution < -0.4 is 0 Å². The Morgan fingerprint density at radius 1 is 1.07 bits per heavy atom. The molecule has 0 spiro atoms. The number of amides is 2. The van der Waals surface area contributed by atoms with E-state index in [-0.39, 0.29) is 31.2 Å². The molecule has 0 saturated carbocycles. The van der Waals surface area contributed by atoms with Gasteiger partial charge < -0.3 is 19.6 Å². The molecule has 2 aromatic carbocycles. The monoisotopic (exact) mass is 430 g/mol. The number of carbonyl (C=O) groups excluding carboxylic acids is 2. The van der Waals surface area contributed by atoms with Gasteiger partial charge in [-0.3, -0.25) is 9.59 Å². The molecule has 30 heavy (non-hydrogen) atoms. The molecule has 1 fully saturated rings. The second-order valence-corrected chi connectivity index (χ2v) is 7.76. The minimum atomic E-state index is -0.869. The average Bonchev–Trinajstić information content (AvgIpc) is 2.78. The van der Waals surface area contributed by atoms with Crippen LogP contribution in [0.1, 0.15) is 30.1 Å². The number of carbonyl (C=O) groups is 2. The van der Waals surface area contributed by atoms with Crippen LogP contribution >= 0.6 is 11.6 Å². The summed E-state index contributed by atoms with van der Waals surface area (Å²) in [5, 5.41) is 11.2. The number of morpholine rings is 1. The van der Waals surface area contributed by atoms with Crippen molar-refractivity contribution < 1.29 is 19.4 Å². The van der Waals surface area contributed by atoms with Crippen LogP contribution in [-0.2, 0) is 20.9 Å². The van der Waals surface area contributed by atoms with Gasteiger partial charge in [0.2, 0.25) is 11.8 Å². The highest BCUT2D eigenvalue weighted by atomic mass is 35.5. The Kier molecular flexibility index (Phi) is 8.25. The number of aliphatic hydroxyl groups is 1. The molecule has 1 saturated heterocycles. The summed E-state index contributed by atoms with van der Waals surface area (Å²) in [5.41, 5.74) is 1.61. The van der Waals surface area contributed by atoms with Crippen LogP contribution in [0.3, 0.4) is 0 Å². The molecule has 0 bridgehead atoms. The summed E-state index contributed by atoms with van der Waals surface area (Å²) in [6, 6.07) is 16.6. The first kappa shape index (κ1) is 22.3. The lowest BCUT2D eigenvalue weighted by atomic mass is 10.1. The van der Waals surface area contributed by atoms with E-state index in [2.05, 4.69) is 0 Å². The molecule has 2 aromatic rings. The van der Waals surface area contributed by atoms with Gasteiger partial charge >= 0.3 is 0 Å². The molecule has 1 unspecified atom stereocenters. The topological polar surface area (TPSA) is 70.1 Å². The number of hydrogen-bond donors (Lipinski definition) is 1. The number of nitrogens with zero attached hydrogens (tertiary/aromatic N) is 2. The maximum absolute atomic E-state index is 13.0. The van der Waals surface area contributed by atoms with E-state index in [9.17, 15) is 14.7 Å². The largest absolute Gasteiger partial charge is 0.387 e. The van der Waals surface area contributed by atoms with E-state index in [4.69, 9.17) is 16.3 Å². The Balaban J connectivity index is 1.65. The number of aliphatic hydroxyl groups excluding tert-OH is 1. The summed E-state index contributed by atoms with van der Waals surface area (Å²) in [6.45, 7) is 2.68. The molecule has 2 amide bonds. The maximum Gasteiger partial charge on any atom is 0.223 e. The highest BCUT2D eigenvalue weighted by molar-refractivity contribution is 6.30. The number of hydrogen-bond acceptors (Lipinski definition) is 4. The molecule has 1 heterocycles. The lowest BCUT2D eigenvalue weighted by molar-refractivity contribution is -0.140. The van der Waals surface area contributed by atoms with Crippen molar-refractivity contribution in [2.75, 3.05) is 32.8 Å². The molecule has 1 N–H and O–H groups in total. The summed E-state index contributed by atoms with van der Waals surface area (Å²) in [6.07, 6.45) is -0.617. The Labute approximate surface area is 182 Å². The first-order chi connectivity index (χ1) is 14.5. The predicted octanol–water partition coefficient (Wildman–Crippen LogP) is 3.04. The molecular weight excluding hydrogens is 404 g/mol. The van der Waals surface area contributed by atoms with Gasteiger partial charge in [0.25, 0.3) is 0 Å². The summed E-state index contributed by atoms with van der Waals surface area (Å²) in [5.74, 6) is -0.205. The van der Waals surface area contributed by atoms with Gasteiger partial charge in [-0.25, -0.2) is 0 Å². The first-order valence-corrected chi connectivity index (χ1v) is 10.5. The van der Waals surface area contributed by atoms with Crippen molar-refractivity contribution in [2.45, 2.75) is 25.5 Å². The van der Waals surface area contributed by atoms with E-state index in [1.54, 1.807) is 34.1 Å². The van der Waals surface area contributed by atoms with E-state index in [0.717, 1.165) is 5.56 Å². The lowest BCUT2D eigenvalue weighted by Crippen LogP contribution is -2.41. The van der Waals surface area contributed by atoms with Crippen molar-refractivity contribution in [3.05, 3.63) is 70.7 Å². The Hall–Kier alpha value is -2.41. The molecule has 7 heteroatoms. The van der Waals surface area contributed by atoms with Crippen LogP contribution in [0.15, 0.2) is 54.6 Å². The van der Waals surface area contributed by atoms with Crippen molar-refractivity contribution in [2.24, 2.45) is 0 Å². The van der Waals surface area contributed by atoms with Gasteiger partial charge in [0.05, 0.1) is 25.9 Å². The second-order valence-electron chi connectivity index (χ2n) is 7.32. The quantitative estimate of drug-likeness (QED) is 0.698. The van der Waals surface area contributed by atoms with Gasteiger partial charge in [-0.1, -0.05) is 54.1 Å². The van der Waals surface area contributed by atoms with Gasteiger partial charge in [-0.05, 0) is 23.3 Å². The van der Waals surface area contributed by atoms with Crippen molar-refractivity contribution in [3.63, 3.8) is 0 Å². The van der Waals surface area contributed by atoms with E-state index < -0.39 is 6.10 Å². The third-order valence-corrected chi connectivity index (χ3v) is 5.35. The van der Waals surface area contributed by atoms with Gasteiger partial charge in [-0.2, -0.15) is 0 Å². The van der Waals surface area contributed by atoms with Crippen LogP contribution in [0.2, 0.25) is 5.02 Å². The first-order valence-electron chi connectivity index (χ1n) is 10.1. The molecular formula is C23H27ClN2O4. The van der Waals surface area contributed by atoms with Crippen molar-refractivity contribution >= 4 is 23.4 Å². The Morgan fingerprint density at radius 2 is 1.80 bits per heavy atom. The van der Waals surface area contributed by atoms with Crippen molar-refractivity contribution in [3.8, 4) is 0 Å². The number of rotatable bonds is 8. The standard InChI is InChI=1S/C23H27ClN2O4/c24-20-8-4-7-19(15-20)21(27)17-26(16-18-5-2-1-3-6-18)23(29)10-9-22(28)25-11-13-30-14-12-25/h1-8,15,21,27H,9-14,16-17H2. The van der Waals surface area contributed by atoms with Crippen LogP contribution in [-0.4, -0.2) is 59.6 Å². The average molecular weight is 431 g/mol. The zero-order valence-corrected chi connectivity index (χ0v) is 17.6. The summed E-state index contributed by atoms with van der Waals surface area (Å²) >= 11 is 6.03. The Bertz CT molecular complexity index is 840. The van der Waals surface area contributed by atoms with Gasteiger partial charge in [0.15, 0.2) is 0 Å². The van der Waals surface area contributed by atoms with E-state index >= 15 is 0 Å². The SMILES string of the molecule is O=C(CCC(=O)N(Cc1ccccc1)CC(O)c1cccc(Cl)c1)N1CCOCC1. The van der Waals surface area contributed by atoms with Gasteiger partial charge in [0, 0.05) is 37.5 Å². The fraction of sp³-hybridized carbons (Fsp3) is 0.391. The molecule has 1 aliphatic rings. The minimum Gasteiger partial charge on any atom is -0.387 e. The molecule has 0 radical (unpaired) electrons. The smallest absolute Gasteiger partial charge is 0.223 e. The fourth-order valence-corrected chi connectivity index (χ4v) is 3.63. The highest BCUT2D eigenvalue weighted by Crippen LogP contribution is 2.20. The Morgan fingerprint density at radius 3 is 2.50 bits per heavy atom. The zero-order valence-electron chi connectivity index (χ0n) is 16.9. The predicted molar refractivity (Wildman–Crippen MR) is 115 cm³/mol. The maximum atomic E-state index is 13.0. The van der Waals surface area contributed by atoms with Crippen molar-refractivity contribution in [1.82, 2.24) is 9.80 Å². The number of benzene rings is 2. The molecule has 3 rings (SSSR count). The molecule has 1 aliphatic heterocycles. The van der Waals surface area contributed by atoms with Gasteiger partial charge in [-0.15, -0.1) is 0 Å². The molecule has 160 valence electrons. The normalized spacial score (nSPS) is 14.9. The third kappa shape index (κ3) is 6.55. The number of halogens is 1. The minimum absolute atomic E-state index is 0.0401. The van der Waals surface area contributed by atoms with Gasteiger partial charge in [0.1, 0.15) is 0 Å². The van der Waals surface area contributed by atoms with E-state index in [0.29, 0.717) is 43.4 Å². The van der Waals surface area contributed by atoms with Crippen LogP contribution in [0.4, 0.5) is 0 Å². The fourth-order valence-electron chi connectivity index (χ4n) is 3.43. The number of ether oxygens (including phenoxy) is 1. The summed E-state index contributed by atoms with van der Waals surface area (Å²) < 4.78 is 5.27. The zero-order chi connectivity index (χ0) is 21.3. The molecule has 1 atom stereocenters. The second kappa shape index (κ2) is 11.1.